The number of unbranched alkanes of at least 4 members (excludes halogenated alkanes) is 1. The lowest BCUT2D eigenvalue weighted by Crippen LogP contribution is -2.41. The SMILES string of the molecule is CCCCC(CC(=O)OCC(C)(C)C)(C(=O)OCC(C)(C)C)c1ccccc1. The van der Waals surface area contributed by atoms with Crippen LogP contribution < -0.4 is 0 Å². The normalized spacial score (nSPS) is 14.2. The average Bonchev–Trinajstić information content (AvgIpc) is 2.61. The van der Waals surface area contributed by atoms with Crippen LogP contribution in [-0.2, 0) is 24.5 Å². The van der Waals surface area contributed by atoms with Crippen LogP contribution in [0.25, 0.3) is 0 Å². The van der Waals surface area contributed by atoms with Crippen LogP contribution in [0.2, 0.25) is 0 Å². The molecule has 0 amide bonds. The summed E-state index contributed by atoms with van der Waals surface area (Å²) in [7, 11) is 0. The van der Waals surface area contributed by atoms with Gasteiger partial charge < -0.3 is 9.47 Å². The minimum Gasteiger partial charge on any atom is -0.465 e. The molecule has 158 valence electrons. The predicted molar refractivity (Wildman–Crippen MR) is 113 cm³/mol. The van der Waals surface area contributed by atoms with Crippen LogP contribution in [-0.4, -0.2) is 25.2 Å². The Kier molecular flexibility index (Phi) is 8.72. The van der Waals surface area contributed by atoms with Crippen molar-refractivity contribution in [2.45, 2.75) is 79.6 Å². The van der Waals surface area contributed by atoms with E-state index in [-0.39, 0.29) is 29.2 Å². The maximum atomic E-state index is 13.3. The Labute approximate surface area is 171 Å². The third kappa shape index (κ3) is 8.04. The summed E-state index contributed by atoms with van der Waals surface area (Å²) in [6.45, 7) is 14.8. The number of rotatable bonds is 9. The summed E-state index contributed by atoms with van der Waals surface area (Å²) in [4.78, 5) is 26.0. The highest BCUT2D eigenvalue weighted by Gasteiger charge is 2.44. The molecule has 0 saturated heterocycles. The monoisotopic (exact) mass is 390 g/mol. The molecule has 1 rings (SSSR count). The molecule has 1 aromatic rings. The van der Waals surface area contributed by atoms with Crippen molar-refractivity contribution in [2.24, 2.45) is 10.8 Å². The number of esters is 2. The second kappa shape index (κ2) is 10.1. The van der Waals surface area contributed by atoms with Crippen molar-refractivity contribution >= 4 is 11.9 Å². The Balaban J connectivity index is 3.20. The van der Waals surface area contributed by atoms with E-state index in [1.807, 2.05) is 71.9 Å². The molecule has 0 spiro atoms. The summed E-state index contributed by atoms with van der Waals surface area (Å²) >= 11 is 0. The average molecular weight is 391 g/mol. The number of benzene rings is 1. The Morgan fingerprint density at radius 2 is 1.39 bits per heavy atom. The fourth-order valence-corrected chi connectivity index (χ4v) is 2.88. The van der Waals surface area contributed by atoms with Crippen molar-refractivity contribution < 1.29 is 19.1 Å². The molecular formula is C24H38O4. The van der Waals surface area contributed by atoms with E-state index in [2.05, 4.69) is 6.92 Å². The molecule has 1 unspecified atom stereocenters. The zero-order valence-electron chi connectivity index (χ0n) is 18.8. The topological polar surface area (TPSA) is 52.6 Å². The van der Waals surface area contributed by atoms with Crippen molar-refractivity contribution in [1.82, 2.24) is 0 Å². The lowest BCUT2D eigenvalue weighted by molar-refractivity contribution is -0.160. The molecule has 1 atom stereocenters. The van der Waals surface area contributed by atoms with Crippen LogP contribution >= 0.6 is 0 Å². The lowest BCUT2D eigenvalue weighted by atomic mass is 9.73. The molecule has 0 radical (unpaired) electrons. The molecule has 1 aromatic carbocycles. The third-order valence-corrected chi connectivity index (χ3v) is 4.42. The minimum absolute atomic E-state index is 0.00390. The van der Waals surface area contributed by atoms with E-state index < -0.39 is 5.41 Å². The second-order valence-corrected chi connectivity index (χ2v) is 10.1. The number of hydrogen-bond donors (Lipinski definition) is 0. The van der Waals surface area contributed by atoms with Gasteiger partial charge in [-0.25, -0.2) is 0 Å². The van der Waals surface area contributed by atoms with E-state index in [4.69, 9.17) is 9.47 Å². The summed E-state index contributed by atoms with van der Waals surface area (Å²) in [6.07, 6.45) is 2.31. The van der Waals surface area contributed by atoms with Crippen LogP contribution in [0.1, 0.15) is 79.7 Å². The molecule has 0 saturated carbocycles. The smallest absolute Gasteiger partial charge is 0.317 e. The van der Waals surface area contributed by atoms with E-state index in [0.717, 1.165) is 18.4 Å². The summed E-state index contributed by atoms with van der Waals surface area (Å²) < 4.78 is 11.2. The molecule has 0 fully saturated rings. The van der Waals surface area contributed by atoms with Gasteiger partial charge in [-0.05, 0) is 22.8 Å². The number of carbonyl (C=O) groups excluding carboxylic acids is 2. The molecule has 0 aliphatic carbocycles. The number of carbonyl (C=O) groups is 2. The van der Waals surface area contributed by atoms with Gasteiger partial charge in [-0.15, -0.1) is 0 Å². The summed E-state index contributed by atoms with van der Waals surface area (Å²) in [5, 5.41) is 0. The van der Waals surface area contributed by atoms with Crippen LogP contribution in [0.4, 0.5) is 0 Å². The Hall–Kier alpha value is -1.84. The first-order chi connectivity index (χ1) is 12.9. The van der Waals surface area contributed by atoms with E-state index in [1.54, 1.807) is 0 Å². The van der Waals surface area contributed by atoms with Crippen LogP contribution in [0.15, 0.2) is 30.3 Å². The van der Waals surface area contributed by atoms with Gasteiger partial charge in [-0.1, -0.05) is 91.6 Å². The van der Waals surface area contributed by atoms with Gasteiger partial charge in [0.25, 0.3) is 0 Å². The predicted octanol–water partition coefficient (Wildman–Crippen LogP) is 5.68. The number of hydrogen-bond acceptors (Lipinski definition) is 4. The van der Waals surface area contributed by atoms with Gasteiger partial charge in [0, 0.05) is 0 Å². The van der Waals surface area contributed by atoms with E-state index in [9.17, 15) is 9.59 Å². The van der Waals surface area contributed by atoms with Gasteiger partial charge >= 0.3 is 11.9 Å². The highest BCUT2D eigenvalue weighted by molar-refractivity contribution is 5.89. The molecule has 0 aliphatic rings. The first-order valence-corrected chi connectivity index (χ1v) is 10.3. The van der Waals surface area contributed by atoms with Crippen LogP contribution in [0.3, 0.4) is 0 Å². The van der Waals surface area contributed by atoms with Crippen molar-refractivity contribution in [2.75, 3.05) is 13.2 Å². The molecule has 0 bridgehead atoms. The zero-order chi connectivity index (χ0) is 21.4. The van der Waals surface area contributed by atoms with E-state index >= 15 is 0 Å². The molecule has 0 heterocycles. The molecule has 28 heavy (non-hydrogen) atoms. The van der Waals surface area contributed by atoms with Crippen LogP contribution in [0, 0.1) is 10.8 Å². The largest absolute Gasteiger partial charge is 0.465 e. The zero-order valence-corrected chi connectivity index (χ0v) is 18.8. The Morgan fingerprint density at radius 1 is 0.857 bits per heavy atom. The van der Waals surface area contributed by atoms with Crippen molar-refractivity contribution in [3.05, 3.63) is 35.9 Å². The summed E-state index contributed by atoms with van der Waals surface area (Å²) in [5.41, 5.74) is -0.469. The minimum atomic E-state index is -1.02. The van der Waals surface area contributed by atoms with Gasteiger partial charge in [-0.2, -0.15) is 0 Å². The van der Waals surface area contributed by atoms with Crippen molar-refractivity contribution in [1.29, 1.82) is 0 Å². The molecule has 0 aliphatic heterocycles. The first-order valence-electron chi connectivity index (χ1n) is 10.3. The fraction of sp³-hybridized carbons (Fsp3) is 0.667. The van der Waals surface area contributed by atoms with Crippen molar-refractivity contribution in [3.63, 3.8) is 0 Å². The van der Waals surface area contributed by atoms with Gasteiger partial charge in [-0.3, -0.25) is 9.59 Å². The molecule has 4 heteroatoms. The van der Waals surface area contributed by atoms with E-state index in [0.29, 0.717) is 19.6 Å². The first kappa shape index (κ1) is 24.2. The van der Waals surface area contributed by atoms with Gasteiger partial charge in [0.2, 0.25) is 0 Å². The molecule has 0 N–H and O–H groups in total. The Morgan fingerprint density at radius 3 is 1.89 bits per heavy atom. The van der Waals surface area contributed by atoms with Gasteiger partial charge in [0.05, 0.1) is 19.6 Å². The Bertz CT molecular complexity index is 622. The maximum Gasteiger partial charge on any atom is 0.317 e. The highest BCUT2D eigenvalue weighted by Crippen LogP contribution is 2.36. The standard InChI is InChI=1S/C24H38O4/c1-8-9-15-24(19-13-11-10-12-14-19,21(26)28-18-23(5,6)7)16-20(25)27-17-22(2,3)4/h10-14H,8-9,15-18H2,1-7H3. The lowest BCUT2D eigenvalue weighted by Gasteiger charge is -2.33. The highest BCUT2D eigenvalue weighted by atomic mass is 16.5. The third-order valence-electron chi connectivity index (χ3n) is 4.42. The van der Waals surface area contributed by atoms with Crippen molar-refractivity contribution in [3.8, 4) is 0 Å². The van der Waals surface area contributed by atoms with Crippen LogP contribution in [0.5, 0.6) is 0 Å². The second-order valence-electron chi connectivity index (χ2n) is 10.1. The maximum absolute atomic E-state index is 13.3. The molecule has 4 nitrogen and oxygen atoms in total. The molecular weight excluding hydrogens is 352 g/mol. The fourth-order valence-electron chi connectivity index (χ4n) is 2.88. The van der Waals surface area contributed by atoms with E-state index in [1.165, 1.54) is 0 Å². The summed E-state index contributed by atoms with van der Waals surface area (Å²) in [6, 6.07) is 9.52. The van der Waals surface area contributed by atoms with Gasteiger partial charge in [0.15, 0.2) is 0 Å². The quantitative estimate of drug-likeness (QED) is 0.509. The summed E-state index contributed by atoms with van der Waals surface area (Å²) in [5.74, 6) is -0.697. The van der Waals surface area contributed by atoms with Gasteiger partial charge in [0.1, 0.15) is 5.41 Å². The number of ether oxygens (including phenoxy) is 2. The molecule has 0 aromatic heterocycles.